The van der Waals surface area contributed by atoms with E-state index in [9.17, 15) is 0 Å². The number of hydrogen-bond acceptors (Lipinski definition) is 0. The third-order valence-electron chi connectivity index (χ3n) is 4.42. The van der Waals surface area contributed by atoms with Gasteiger partial charge in [0.25, 0.3) is 0 Å². The molecule has 1 heteroatoms. The molecule has 90 valence electrons. The second-order valence-corrected chi connectivity index (χ2v) is 5.62. The van der Waals surface area contributed by atoms with Gasteiger partial charge in [-0.05, 0) is 35.1 Å². The van der Waals surface area contributed by atoms with Crippen LogP contribution in [0.2, 0.25) is 0 Å². The Morgan fingerprint density at radius 1 is 1.22 bits per heavy atom. The van der Waals surface area contributed by atoms with Crippen molar-refractivity contribution in [3.05, 3.63) is 52.9 Å². The summed E-state index contributed by atoms with van der Waals surface area (Å²) in [6.45, 7) is 2.31. The lowest BCUT2D eigenvalue weighted by Gasteiger charge is -2.15. The van der Waals surface area contributed by atoms with E-state index in [4.69, 9.17) is 0 Å². The van der Waals surface area contributed by atoms with Crippen LogP contribution in [0.25, 0.3) is 17.2 Å². The number of hydrogen-bond donors (Lipinski definition) is 0. The number of allylic oxidation sites excluding steroid dienone is 1. The van der Waals surface area contributed by atoms with E-state index < -0.39 is 0 Å². The summed E-state index contributed by atoms with van der Waals surface area (Å²) in [6.07, 6.45) is 6.93. The van der Waals surface area contributed by atoms with Gasteiger partial charge in [-0.15, -0.1) is 0 Å². The molecule has 0 saturated heterocycles. The van der Waals surface area contributed by atoms with Gasteiger partial charge in [-0.25, -0.2) is 0 Å². The van der Waals surface area contributed by atoms with E-state index in [-0.39, 0.29) is 0 Å². The Bertz CT molecular complexity index is 673. The lowest BCUT2D eigenvalue weighted by atomic mass is 9.90. The van der Waals surface area contributed by atoms with Gasteiger partial charge < -0.3 is 4.57 Å². The van der Waals surface area contributed by atoms with E-state index >= 15 is 0 Å². The summed E-state index contributed by atoms with van der Waals surface area (Å²) < 4.78 is 2.40. The van der Waals surface area contributed by atoms with Crippen LogP contribution in [-0.4, -0.2) is 4.57 Å². The molecule has 0 aliphatic heterocycles. The molecule has 2 aliphatic carbocycles. The summed E-state index contributed by atoms with van der Waals surface area (Å²) in [5, 5.41) is 0. The molecule has 2 aromatic rings. The smallest absolute Gasteiger partial charge is 0.0442 e. The molecular weight excluding hydrogens is 218 g/mol. The number of fused-ring (bicyclic) bond motifs is 5. The lowest BCUT2D eigenvalue weighted by Crippen LogP contribution is -2.05. The lowest BCUT2D eigenvalue weighted by molar-refractivity contribution is 0.710. The van der Waals surface area contributed by atoms with E-state index in [1.165, 1.54) is 34.5 Å². The highest BCUT2D eigenvalue weighted by molar-refractivity contribution is 5.83. The molecule has 1 atom stereocenters. The van der Waals surface area contributed by atoms with E-state index in [0.29, 0.717) is 5.92 Å². The summed E-state index contributed by atoms with van der Waals surface area (Å²) in [6, 6.07) is 8.86. The van der Waals surface area contributed by atoms with Gasteiger partial charge in [0.1, 0.15) is 0 Å². The highest BCUT2D eigenvalue weighted by Crippen LogP contribution is 2.44. The van der Waals surface area contributed by atoms with Crippen molar-refractivity contribution in [1.29, 1.82) is 0 Å². The Morgan fingerprint density at radius 3 is 2.94 bits per heavy atom. The maximum Gasteiger partial charge on any atom is 0.0442 e. The molecule has 1 aromatic heterocycles. The van der Waals surface area contributed by atoms with E-state index in [1.807, 2.05) is 0 Å². The molecule has 0 N–H and O–H groups in total. The quantitative estimate of drug-likeness (QED) is 0.558. The van der Waals surface area contributed by atoms with Crippen molar-refractivity contribution in [2.45, 2.75) is 19.8 Å². The molecule has 2 aliphatic rings. The third-order valence-corrected chi connectivity index (χ3v) is 4.42. The fourth-order valence-electron chi connectivity index (χ4n) is 3.51. The highest BCUT2D eigenvalue weighted by Gasteiger charge is 2.29. The Labute approximate surface area is 108 Å². The molecule has 0 spiro atoms. The van der Waals surface area contributed by atoms with Crippen molar-refractivity contribution >= 4 is 6.08 Å². The molecule has 0 bridgehead atoms. The van der Waals surface area contributed by atoms with Crippen molar-refractivity contribution in [3.8, 4) is 11.1 Å². The first kappa shape index (κ1) is 10.2. The second-order valence-electron chi connectivity index (χ2n) is 5.62. The number of rotatable bonds is 0. The van der Waals surface area contributed by atoms with Gasteiger partial charge in [0.15, 0.2) is 0 Å². The first-order valence-corrected chi connectivity index (χ1v) is 6.72. The minimum Gasteiger partial charge on any atom is -0.347 e. The average Bonchev–Trinajstić information content (AvgIpc) is 2.87. The number of aromatic nitrogens is 1. The first-order chi connectivity index (χ1) is 8.75. The fourth-order valence-corrected chi connectivity index (χ4v) is 3.51. The molecule has 0 radical (unpaired) electrons. The zero-order valence-corrected chi connectivity index (χ0v) is 10.9. The van der Waals surface area contributed by atoms with Crippen LogP contribution in [0.1, 0.15) is 29.4 Å². The van der Waals surface area contributed by atoms with Crippen molar-refractivity contribution in [2.24, 2.45) is 13.0 Å². The molecule has 18 heavy (non-hydrogen) atoms. The van der Waals surface area contributed by atoms with Gasteiger partial charge in [0.05, 0.1) is 0 Å². The van der Waals surface area contributed by atoms with Gasteiger partial charge in [-0.2, -0.15) is 0 Å². The molecule has 1 unspecified atom stereocenters. The van der Waals surface area contributed by atoms with Gasteiger partial charge in [0, 0.05) is 30.4 Å². The van der Waals surface area contributed by atoms with Crippen LogP contribution in [0.15, 0.2) is 30.3 Å². The Balaban J connectivity index is 2.03. The summed E-state index contributed by atoms with van der Waals surface area (Å²) in [5.74, 6) is 0.664. The maximum absolute atomic E-state index is 2.40. The molecule has 4 rings (SSSR count). The van der Waals surface area contributed by atoms with Crippen LogP contribution in [-0.2, 0) is 19.9 Å². The van der Waals surface area contributed by atoms with Gasteiger partial charge in [-0.1, -0.05) is 37.3 Å². The average molecular weight is 235 g/mol. The summed E-state index contributed by atoms with van der Waals surface area (Å²) >= 11 is 0. The van der Waals surface area contributed by atoms with E-state index in [1.54, 1.807) is 5.56 Å². The molecule has 1 heterocycles. The SMILES string of the molecule is CC1C=Cc2c(c3c(n2C)Cc2ccccc2-3)C1. The minimum atomic E-state index is 0.664. The van der Waals surface area contributed by atoms with E-state index in [0.717, 1.165) is 6.42 Å². The standard InChI is InChI=1S/C17H17N/c1-11-7-8-15-14(9-11)17-13-6-4-3-5-12(13)10-16(17)18(15)2/h3-8,11H,9-10H2,1-2H3. The predicted octanol–water partition coefficient (Wildman–Crippen LogP) is 3.80. The minimum absolute atomic E-state index is 0.664. The Morgan fingerprint density at radius 2 is 2.06 bits per heavy atom. The van der Waals surface area contributed by atoms with Gasteiger partial charge >= 0.3 is 0 Å². The molecular formula is C17H17N. The normalized spacial score (nSPS) is 19.6. The monoisotopic (exact) mass is 235 g/mol. The highest BCUT2D eigenvalue weighted by atomic mass is 15.0. The number of nitrogens with zero attached hydrogens (tertiary/aromatic N) is 1. The van der Waals surface area contributed by atoms with Crippen LogP contribution < -0.4 is 0 Å². The van der Waals surface area contributed by atoms with Gasteiger partial charge in [0.2, 0.25) is 0 Å². The second kappa shape index (κ2) is 3.38. The summed E-state index contributed by atoms with van der Waals surface area (Å²) in [4.78, 5) is 0. The van der Waals surface area contributed by atoms with Crippen LogP contribution in [0.4, 0.5) is 0 Å². The Hall–Kier alpha value is -1.76. The zero-order valence-electron chi connectivity index (χ0n) is 10.9. The summed E-state index contributed by atoms with van der Waals surface area (Å²) in [5.41, 5.74) is 8.97. The maximum atomic E-state index is 2.40. The predicted molar refractivity (Wildman–Crippen MR) is 75.6 cm³/mol. The zero-order chi connectivity index (χ0) is 12.3. The fraction of sp³-hybridized carbons (Fsp3) is 0.294. The van der Waals surface area contributed by atoms with Crippen molar-refractivity contribution in [3.63, 3.8) is 0 Å². The van der Waals surface area contributed by atoms with Crippen LogP contribution in [0.3, 0.4) is 0 Å². The first-order valence-electron chi connectivity index (χ1n) is 6.72. The molecule has 0 fully saturated rings. The van der Waals surface area contributed by atoms with Crippen LogP contribution >= 0.6 is 0 Å². The third kappa shape index (κ3) is 1.17. The van der Waals surface area contributed by atoms with Crippen molar-refractivity contribution < 1.29 is 0 Å². The van der Waals surface area contributed by atoms with E-state index in [2.05, 4.69) is 55.0 Å². The van der Waals surface area contributed by atoms with Gasteiger partial charge in [-0.3, -0.25) is 0 Å². The topological polar surface area (TPSA) is 4.93 Å². The number of benzene rings is 1. The molecule has 0 saturated carbocycles. The van der Waals surface area contributed by atoms with Crippen LogP contribution in [0, 0.1) is 5.92 Å². The van der Waals surface area contributed by atoms with Crippen molar-refractivity contribution in [2.75, 3.05) is 0 Å². The Kier molecular flexibility index (Phi) is 1.91. The van der Waals surface area contributed by atoms with Crippen LogP contribution in [0.5, 0.6) is 0 Å². The molecule has 1 aromatic carbocycles. The summed E-state index contributed by atoms with van der Waals surface area (Å²) in [7, 11) is 2.21. The molecule has 1 nitrogen and oxygen atoms in total. The molecule has 0 amide bonds. The largest absolute Gasteiger partial charge is 0.347 e. The van der Waals surface area contributed by atoms with Crippen molar-refractivity contribution in [1.82, 2.24) is 4.57 Å².